The molecule has 26 heavy (non-hydrogen) atoms. The van der Waals surface area contributed by atoms with Gasteiger partial charge >= 0.3 is 5.97 Å². The number of benzene rings is 2. The highest BCUT2D eigenvalue weighted by molar-refractivity contribution is 8.00. The highest BCUT2D eigenvalue weighted by atomic mass is 32.2. The van der Waals surface area contributed by atoms with Crippen molar-refractivity contribution >= 4 is 40.3 Å². The lowest BCUT2D eigenvalue weighted by molar-refractivity contribution is -0.113. The number of methoxy groups -OCH3 is 2. The first kappa shape index (κ1) is 17.9. The molecule has 0 aliphatic carbocycles. The number of amides is 1. The molecular weight excluding hydrogens is 354 g/mol. The van der Waals surface area contributed by atoms with Gasteiger partial charge in [-0.15, -0.1) is 11.8 Å². The zero-order valence-corrected chi connectivity index (χ0v) is 15.1. The van der Waals surface area contributed by atoms with Crippen molar-refractivity contribution in [1.82, 2.24) is 0 Å². The first-order valence-electron chi connectivity index (χ1n) is 7.79. The van der Waals surface area contributed by atoms with Gasteiger partial charge in [-0.3, -0.25) is 4.79 Å². The van der Waals surface area contributed by atoms with Crippen LogP contribution in [0, 0.1) is 0 Å². The summed E-state index contributed by atoms with van der Waals surface area (Å²) < 4.78 is 15.4. The summed E-state index contributed by atoms with van der Waals surface area (Å²) in [4.78, 5) is 25.2. The Balaban J connectivity index is 1.74. The van der Waals surface area contributed by atoms with Crippen LogP contribution in [0.5, 0.6) is 5.75 Å². The molecule has 134 valence electrons. The van der Waals surface area contributed by atoms with E-state index in [0.29, 0.717) is 16.7 Å². The third kappa shape index (κ3) is 3.83. The van der Waals surface area contributed by atoms with Gasteiger partial charge in [0.1, 0.15) is 17.0 Å². The van der Waals surface area contributed by atoms with Gasteiger partial charge < -0.3 is 19.2 Å². The predicted octanol–water partition coefficient (Wildman–Crippen LogP) is 3.96. The molecule has 7 heteroatoms. The number of furan rings is 1. The first-order valence-corrected chi connectivity index (χ1v) is 8.77. The summed E-state index contributed by atoms with van der Waals surface area (Å²) in [6, 6.07) is 14.5. The van der Waals surface area contributed by atoms with Gasteiger partial charge in [0, 0.05) is 10.3 Å². The maximum atomic E-state index is 12.4. The van der Waals surface area contributed by atoms with Crippen LogP contribution in [0.1, 0.15) is 10.6 Å². The Morgan fingerprint density at radius 2 is 1.81 bits per heavy atom. The number of hydrogen-bond acceptors (Lipinski definition) is 6. The number of para-hydroxylation sites is 1. The van der Waals surface area contributed by atoms with Crippen molar-refractivity contribution in [3.05, 3.63) is 54.3 Å². The Labute approximate surface area is 154 Å². The number of fused-ring (bicyclic) bond motifs is 1. The molecule has 0 spiro atoms. The lowest BCUT2D eigenvalue weighted by atomic mass is 10.2. The summed E-state index contributed by atoms with van der Waals surface area (Å²) in [5, 5.41) is 3.41. The minimum Gasteiger partial charge on any atom is -0.497 e. The highest BCUT2D eigenvalue weighted by Gasteiger charge is 2.22. The Hall–Kier alpha value is -2.93. The van der Waals surface area contributed by atoms with E-state index in [1.807, 2.05) is 24.3 Å². The lowest BCUT2D eigenvalue weighted by Crippen LogP contribution is -2.16. The molecule has 0 atom stereocenters. The number of nitrogens with one attached hydrogen (secondary N) is 1. The van der Waals surface area contributed by atoms with Crippen LogP contribution in [0.25, 0.3) is 11.0 Å². The number of carbonyl (C=O) groups is 2. The topological polar surface area (TPSA) is 77.8 Å². The molecule has 0 fully saturated rings. The molecule has 0 aliphatic heterocycles. The number of carbonyl (C=O) groups excluding carboxylic acids is 2. The average Bonchev–Trinajstić information content (AvgIpc) is 3.04. The van der Waals surface area contributed by atoms with Crippen LogP contribution < -0.4 is 10.1 Å². The van der Waals surface area contributed by atoms with Gasteiger partial charge in [0.15, 0.2) is 0 Å². The van der Waals surface area contributed by atoms with E-state index in [1.54, 1.807) is 31.4 Å². The van der Waals surface area contributed by atoms with Crippen molar-refractivity contribution in [2.24, 2.45) is 0 Å². The largest absolute Gasteiger partial charge is 0.497 e. The third-order valence-electron chi connectivity index (χ3n) is 3.66. The Morgan fingerprint density at radius 1 is 1.08 bits per heavy atom. The quantitative estimate of drug-likeness (QED) is 0.522. The van der Waals surface area contributed by atoms with Crippen LogP contribution in [0.4, 0.5) is 5.69 Å². The van der Waals surface area contributed by atoms with E-state index in [4.69, 9.17) is 13.9 Å². The Morgan fingerprint density at radius 3 is 2.50 bits per heavy atom. The minimum absolute atomic E-state index is 0.0171. The maximum Gasteiger partial charge on any atom is 0.376 e. The van der Waals surface area contributed by atoms with Gasteiger partial charge in [-0.2, -0.15) is 0 Å². The molecule has 3 rings (SSSR count). The SMILES string of the molecule is COC(=O)c1oc2ccccc2c1NC(=O)CSc1ccc(OC)cc1. The maximum absolute atomic E-state index is 12.4. The molecule has 0 radical (unpaired) electrons. The molecule has 2 aromatic carbocycles. The second kappa shape index (κ2) is 7.97. The van der Waals surface area contributed by atoms with Crippen molar-refractivity contribution in [2.75, 3.05) is 25.3 Å². The molecule has 1 amide bonds. The van der Waals surface area contributed by atoms with Gasteiger partial charge in [0.25, 0.3) is 0 Å². The molecule has 0 unspecified atom stereocenters. The van der Waals surface area contributed by atoms with E-state index in [9.17, 15) is 9.59 Å². The highest BCUT2D eigenvalue weighted by Crippen LogP contribution is 2.31. The van der Waals surface area contributed by atoms with Crippen LogP contribution in [-0.2, 0) is 9.53 Å². The van der Waals surface area contributed by atoms with Crippen molar-refractivity contribution in [3.8, 4) is 5.75 Å². The van der Waals surface area contributed by atoms with E-state index in [-0.39, 0.29) is 17.4 Å². The van der Waals surface area contributed by atoms with Crippen LogP contribution >= 0.6 is 11.8 Å². The molecule has 1 aromatic heterocycles. The molecule has 3 aromatic rings. The number of ether oxygens (including phenoxy) is 2. The standard InChI is InChI=1S/C19H17NO5S/c1-23-12-7-9-13(10-8-12)26-11-16(21)20-17-14-5-3-4-6-15(14)25-18(17)19(22)24-2/h3-10H,11H2,1-2H3,(H,20,21). The van der Waals surface area contributed by atoms with Crippen LogP contribution in [0.3, 0.4) is 0 Å². The minimum atomic E-state index is -0.640. The molecule has 6 nitrogen and oxygen atoms in total. The van der Waals surface area contributed by atoms with Crippen LogP contribution in [0.15, 0.2) is 57.8 Å². The van der Waals surface area contributed by atoms with Gasteiger partial charge in [-0.25, -0.2) is 4.79 Å². The fraction of sp³-hybridized carbons (Fsp3) is 0.158. The fourth-order valence-electron chi connectivity index (χ4n) is 2.40. The van der Waals surface area contributed by atoms with Gasteiger partial charge in [0.05, 0.1) is 20.0 Å². The number of esters is 1. The smallest absolute Gasteiger partial charge is 0.376 e. The summed E-state index contributed by atoms with van der Waals surface area (Å²) in [5.41, 5.74) is 0.832. The summed E-state index contributed by atoms with van der Waals surface area (Å²) in [6.07, 6.45) is 0. The van der Waals surface area contributed by atoms with E-state index in [1.165, 1.54) is 18.9 Å². The Bertz CT molecular complexity index is 933. The zero-order chi connectivity index (χ0) is 18.5. The van der Waals surface area contributed by atoms with E-state index in [2.05, 4.69) is 5.32 Å². The van der Waals surface area contributed by atoms with Crippen molar-refractivity contribution in [3.63, 3.8) is 0 Å². The number of rotatable bonds is 6. The van der Waals surface area contributed by atoms with E-state index < -0.39 is 5.97 Å². The summed E-state index contributed by atoms with van der Waals surface area (Å²) in [6.45, 7) is 0. The van der Waals surface area contributed by atoms with Crippen molar-refractivity contribution in [2.45, 2.75) is 4.90 Å². The fourth-order valence-corrected chi connectivity index (χ4v) is 3.10. The zero-order valence-electron chi connectivity index (χ0n) is 14.3. The van der Waals surface area contributed by atoms with Gasteiger partial charge in [0.2, 0.25) is 11.7 Å². The van der Waals surface area contributed by atoms with Crippen LogP contribution in [-0.4, -0.2) is 31.8 Å². The average molecular weight is 371 g/mol. The monoisotopic (exact) mass is 371 g/mol. The normalized spacial score (nSPS) is 10.5. The second-order valence-electron chi connectivity index (χ2n) is 5.31. The van der Waals surface area contributed by atoms with E-state index >= 15 is 0 Å². The summed E-state index contributed by atoms with van der Waals surface area (Å²) >= 11 is 1.38. The van der Waals surface area contributed by atoms with Gasteiger partial charge in [-0.1, -0.05) is 12.1 Å². The van der Waals surface area contributed by atoms with Crippen LogP contribution in [0.2, 0.25) is 0 Å². The van der Waals surface area contributed by atoms with Gasteiger partial charge in [-0.05, 0) is 36.4 Å². The van der Waals surface area contributed by atoms with Crippen molar-refractivity contribution in [1.29, 1.82) is 0 Å². The lowest BCUT2D eigenvalue weighted by Gasteiger charge is -2.06. The Kier molecular flexibility index (Phi) is 5.48. The molecule has 0 bridgehead atoms. The first-order chi connectivity index (χ1) is 12.6. The number of thioether (sulfide) groups is 1. The van der Waals surface area contributed by atoms with Crippen molar-refractivity contribution < 1.29 is 23.5 Å². The summed E-state index contributed by atoms with van der Waals surface area (Å²) in [5.74, 6) is 0.0385. The summed E-state index contributed by atoms with van der Waals surface area (Å²) in [7, 11) is 2.87. The third-order valence-corrected chi connectivity index (χ3v) is 4.67. The molecule has 1 heterocycles. The molecular formula is C19H17NO5S. The van der Waals surface area contributed by atoms with E-state index in [0.717, 1.165) is 10.6 Å². The number of anilines is 1. The molecule has 1 N–H and O–H groups in total. The second-order valence-corrected chi connectivity index (χ2v) is 6.36. The predicted molar refractivity (Wildman–Crippen MR) is 99.9 cm³/mol. The number of hydrogen-bond donors (Lipinski definition) is 1. The molecule has 0 saturated heterocycles. The molecule has 0 aliphatic rings. The molecule has 0 saturated carbocycles.